The van der Waals surface area contributed by atoms with E-state index in [0.29, 0.717) is 49.8 Å². The molecule has 0 fully saturated rings. The molecular formula is C22H42O6S15. The molecule has 2 N–H and O–H groups in total. The maximum absolute atomic E-state index is 12.2. The van der Waals surface area contributed by atoms with E-state index < -0.39 is 21.6 Å². The van der Waals surface area contributed by atoms with Crippen molar-refractivity contribution in [3.05, 3.63) is 0 Å². The quantitative estimate of drug-likeness (QED) is 0.0533. The summed E-state index contributed by atoms with van der Waals surface area (Å²) in [6.45, 7) is 0.292. The normalized spacial score (nSPS) is 12.9. The third-order valence-corrected chi connectivity index (χ3v) is 23.6. The van der Waals surface area contributed by atoms with Gasteiger partial charge in [0.2, 0.25) is 0 Å². The molecule has 0 saturated heterocycles. The molecular weight excluding hydrogens is 841 g/mol. The third-order valence-electron chi connectivity index (χ3n) is 3.86. The van der Waals surface area contributed by atoms with Gasteiger partial charge in [-0.05, 0) is 0 Å². The highest BCUT2D eigenvalue weighted by Gasteiger charge is 2.06. The summed E-state index contributed by atoms with van der Waals surface area (Å²) in [6.07, 6.45) is 0. The largest absolute Gasteiger partial charge is 0.396 e. The summed E-state index contributed by atoms with van der Waals surface area (Å²) in [5.74, 6) is 5.56. The van der Waals surface area contributed by atoms with E-state index in [4.69, 9.17) is 10.2 Å². The molecule has 0 saturated carbocycles. The fourth-order valence-electron chi connectivity index (χ4n) is 2.04. The van der Waals surface area contributed by atoms with Crippen LogP contribution in [0.5, 0.6) is 0 Å². The van der Waals surface area contributed by atoms with Crippen molar-refractivity contribution in [2.24, 2.45) is 0 Å². The number of aliphatic hydroxyl groups is 2. The van der Waals surface area contributed by atoms with Crippen LogP contribution in [0.25, 0.3) is 0 Å². The first-order valence-electron chi connectivity index (χ1n) is 12.6. The Kier molecular flexibility index (Phi) is 42.6. The first kappa shape index (κ1) is 47.1. The van der Waals surface area contributed by atoms with E-state index in [1.54, 1.807) is 106 Å². The lowest BCUT2D eigenvalue weighted by Crippen LogP contribution is -2.03. The first-order chi connectivity index (χ1) is 21.0. The second kappa shape index (κ2) is 38.9. The standard InChI is InChI=1S/C22H42O6S15/c23-1-3-29-17-40-21(25)9-33-13-36-12-31-6-8-43(28)20-39-16-37-15-38-18-41-22(26)10-34-14-35-11-30-5-7-42(27)19-32-4-2-24/h23-24H,1-20H2. The van der Waals surface area contributed by atoms with Crippen LogP contribution in [0.1, 0.15) is 0 Å². The van der Waals surface area contributed by atoms with Crippen molar-refractivity contribution in [3.8, 4) is 0 Å². The van der Waals surface area contributed by atoms with E-state index >= 15 is 0 Å². The molecule has 0 aliphatic carbocycles. The van der Waals surface area contributed by atoms with Crippen molar-refractivity contribution in [1.82, 2.24) is 0 Å². The molecule has 0 heterocycles. The van der Waals surface area contributed by atoms with Gasteiger partial charge in [-0.25, -0.2) is 0 Å². The van der Waals surface area contributed by atoms with Crippen molar-refractivity contribution in [2.45, 2.75) is 0 Å². The lowest BCUT2D eigenvalue weighted by Gasteiger charge is -2.04. The molecule has 0 aliphatic heterocycles. The minimum Gasteiger partial charge on any atom is -0.396 e. The van der Waals surface area contributed by atoms with Crippen LogP contribution in [-0.4, -0.2) is 139 Å². The molecule has 21 heteroatoms. The van der Waals surface area contributed by atoms with Crippen LogP contribution in [-0.2, 0) is 31.2 Å². The highest BCUT2D eigenvalue weighted by atomic mass is 32.3. The molecule has 2 atom stereocenters. The van der Waals surface area contributed by atoms with Gasteiger partial charge in [0.25, 0.3) is 0 Å². The van der Waals surface area contributed by atoms with Crippen LogP contribution in [0.15, 0.2) is 0 Å². The molecule has 0 aromatic heterocycles. The Balaban J connectivity index is 3.35. The fraction of sp³-hybridized carbons (Fsp3) is 0.909. The zero-order valence-corrected chi connectivity index (χ0v) is 36.0. The van der Waals surface area contributed by atoms with Gasteiger partial charge in [-0.15, -0.1) is 106 Å². The van der Waals surface area contributed by atoms with Crippen LogP contribution < -0.4 is 0 Å². The minimum absolute atomic E-state index is 0.137. The summed E-state index contributed by atoms with van der Waals surface area (Å²) in [4.78, 5) is 23.7. The van der Waals surface area contributed by atoms with Crippen molar-refractivity contribution in [3.63, 3.8) is 0 Å². The second-order valence-electron chi connectivity index (χ2n) is 7.30. The fourth-order valence-corrected chi connectivity index (χ4v) is 20.2. The predicted octanol–water partition coefficient (Wildman–Crippen LogP) is 6.63. The van der Waals surface area contributed by atoms with E-state index in [1.165, 1.54) is 35.3 Å². The number of aliphatic hydroxyl groups excluding tert-OH is 2. The van der Waals surface area contributed by atoms with E-state index in [9.17, 15) is 18.0 Å². The molecule has 2 unspecified atom stereocenters. The van der Waals surface area contributed by atoms with Crippen LogP contribution in [0, 0.1) is 0 Å². The Morgan fingerprint density at radius 3 is 1.35 bits per heavy atom. The average Bonchev–Trinajstić information content (AvgIpc) is 2.99. The highest BCUT2D eigenvalue weighted by Crippen LogP contribution is 2.24. The number of hydrogen-bond acceptors (Lipinski definition) is 19. The van der Waals surface area contributed by atoms with Crippen molar-refractivity contribution < 1.29 is 28.2 Å². The first-order valence-corrected chi connectivity index (χ1v) is 30.2. The highest BCUT2D eigenvalue weighted by molar-refractivity contribution is 8.30. The number of carbonyl (C=O) groups is 2. The molecule has 0 radical (unpaired) electrons. The van der Waals surface area contributed by atoms with Gasteiger partial charge in [0.05, 0.1) is 34.9 Å². The van der Waals surface area contributed by atoms with Crippen LogP contribution in [0.4, 0.5) is 0 Å². The molecule has 0 aromatic carbocycles. The number of rotatable bonds is 34. The van der Waals surface area contributed by atoms with E-state index in [1.807, 2.05) is 11.8 Å². The molecule has 0 rings (SSSR count). The van der Waals surface area contributed by atoms with Crippen molar-refractivity contribution in [2.75, 3.05) is 110 Å². The number of hydrogen-bond donors (Lipinski definition) is 2. The van der Waals surface area contributed by atoms with E-state index in [-0.39, 0.29) is 23.4 Å². The third kappa shape index (κ3) is 38.8. The summed E-state index contributed by atoms with van der Waals surface area (Å²) in [7, 11) is -1.61. The smallest absolute Gasteiger partial charge is 0.199 e. The summed E-state index contributed by atoms with van der Waals surface area (Å²) < 4.78 is 23.9. The Hall–Kier alpha value is 4.11. The minimum atomic E-state index is -0.811. The molecule has 0 bridgehead atoms. The lowest BCUT2D eigenvalue weighted by molar-refractivity contribution is -0.109. The van der Waals surface area contributed by atoms with Crippen molar-refractivity contribution >= 4 is 185 Å². The van der Waals surface area contributed by atoms with Crippen molar-refractivity contribution in [1.29, 1.82) is 0 Å². The van der Waals surface area contributed by atoms with Crippen LogP contribution >= 0.6 is 153 Å². The Morgan fingerprint density at radius 1 is 0.442 bits per heavy atom. The molecule has 0 spiro atoms. The van der Waals surface area contributed by atoms with Crippen LogP contribution in [0.2, 0.25) is 0 Å². The molecule has 0 aliphatic rings. The Bertz CT molecular complexity index is 710. The second-order valence-corrected chi connectivity index (χ2v) is 27.5. The maximum atomic E-state index is 12.2. The zero-order valence-electron chi connectivity index (χ0n) is 23.8. The van der Waals surface area contributed by atoms with Crippen LogP contribution in [0.3, 0.4) is 0 Å². The zero-order chi connectivity index (χ0) is 31.6. The SMILES string of the molecule is O=C(CSCSCSCCS(=O)CSCSCSCSC(=O)CSCSCSCCS(=O)CSCCO)SCSCCO. The van der Waals surface area contributed by atoms with Gasteiger partial charge in [-0.1, -0.05) is 23.5 Å². The molecule has 6 nitrogen and oxygen atoms in total. The Morgan fingerprint density at radius 2 is 0.814 bits per heavy atom. The van der Waals surface area contributed by atoms with Gasteiger partial charge in [-0.2, -0.15) is 23.5 Å². The predicted molar refractivity (Wildman–Crippen MR) is 227 cm³/mol. The summed E-state index contributed by atoms with van der Waals surface area (Å²) in [6, 6.07) is 0. The molecule has 43 heavy (non-hydrogen) atoms. The number of carbonyl (C=O) groups excluding carboxylic acids is 2. The molecule has 256 valence electrons. The monoisotopic (exact) mass is 882 g/mol. The molecule has 0 amide bonds. The topological polar surface area (TPSA) is 109 Å². The maximum Gasteiger partial charge on any atom is 0.199 e. The summed E-state index contributed by atoms with van der Waals surface area (Å²) >= 11 is 21.6. The van der Waals surface area contributed by atoms with Gasteiger partial charge in [0.15, 0.2) is 10.2 Å². The van der Waals surface area contributed by atoms with Gasteiger partial charge in [-0.3, -0.25) is 18.0 Å². The van der Waals surface area contributed by atoms with Gasteiger partial charge < -0.3 is 10.2 Å². The van der Waals surface area contributed by atoms with E-state index in [0.717, 1.165) is 47.1 Å². The van der Waals surface area contributed by atoms with Gasteiger partial charge >= 0.3 is 0 Å². The van der Waals surface area contributed by atoms with Gasteiger partial charge in [0, 0.05) is 96.8 Å². The molecule has 0 aromatic rings. The summed E-state index contributed by atoms with van der Waals surface area (Å²) in [5.41, 5.74) is 0. The van der Waals surface area contributed by atoms with Gasteiger partial charge in [0.1, 0.15) is 0 Å². The number of thioether (sulfide) groups is 13. The average molecular weight is 884 g/mol. The summed E-state index contributed by atoms with van der Waals surface area (Å²) in [5, 5.41) is 26.1. The Labute approximate surface area is 319 Å². The lowest BCUT2D eigenvalue weighted by atomic mass is 10.9. The van der Waals surface area contributed by atoms with E-state index in [2.05, 4.69) is 0 Å².